The number of benzene rings is 2. The second-order valence-electron chi connectivity index (χ2n) is 6.70. The molecule has 2 aliphatic rings. The molecule has 2 unspecified atom stereocenters. The average molecular weight is 287 g/mol. The molecule has 1 heterocycles. The summed E-state index contributed by atoms with van der Waals surface area (Å²) in [5.74, 6) is 0.427. The molecule has 0 aromatic heterocycles. The van der Waals surface area contributed by atoms with E-state index in [1.54, 1.807) is 0 Å². The number of hydrogen-bond donors (Lipinski definition) is 1. The second-order valence-corrected chi connectivity index (χ2v) is 6.70. The van der Waals surface area contributed by atoms with Crippen LogP contribution in [0.1, 0.15) is 30.9 Å². The average Bonchev–Trinajstić information content (AvgIpc) is 2.81. The standard InChI is InChI=1S/C21H21N/c1-14-8-4-5-10-16(14)17-11-6-12-18-19-15(2)9-7-13-21(19,3)22-20(17)18/h4-13,19,22H,1-3H3. The van der Waals surface area contributed by atoms with E-state index in [-0.39, 0.29) is 5.54 Å². The number of aryl methyl sites for hydroxylation is 1. The zero-order valence-electron chi connectivity index (χ0n) is 13.4. The predicted molar refractivity (Wildman–Crippen MR) is 94.3 cm³/mol. The molecule has 110 valence electrons. The summed E-state index contributed by atoms with van der Waals surface area (Å²) in [5, 5.41) is 3.81. The zero-order valence-corrected chi connectivity index (χ0v) is 13.4. The number of hydrogen-bond acceptors (Lipinski definition) is 1. The van der Waals surface area contributed by atoms with Crippen molar-refractivity contribution in [1.29, 1.82) is 0 Å². The Morgan fingerprint density at radius 3 is 2.55 bits per heavy atom. The van der Waals surface area contributed by atoms with E-state index in [2.05, 4.69) is 86.8 Å². The molecule has 2 atom stereocenters. The van der Waals surface area contributed by atoms with Crippen molar-refractivity contribution < 1.29 is 0 Å². The van der Waals surface area contributed by atoms with Crippen molar-refractivity contribution >= 4 is 5.69 Å². The first kappa shape index (κ1) is 13.4. The summed E-state index contributed by atoms with van der Waals surface area (Å²) in [6, 6.07) is 15.3. The quantitative estimate of drug-likeness (QED) is 0.735. The van der Waals surface area contributed by atoms with E-state index in [1.807, 2.05) is 0 Å². The van der Waals surface area contributed by atoms with E-state index in [4.69, 9.17) is 0 Å². The van der Waals surface area contributed by atoms with Gasteiger partial charge in [-0.05, 0) is 37.5 Å². The molecule has 2 aromatic carbocycles. The lowest BCUT2D eigenvalue weighted by Crippen LogP contribution is -2.35. The van der Waals surface area contributed by atoms with E-state index in [9.17, 15) is 0 Å². The van der Waals surface area contributed by atoms with Crippen LogP contribution in [0, 0.1) is 6.92 Å². The molecule has 1 aliphatic heterocycles. The van der Waals surface area contributed by atoms with Crippen LogP contribution in [-0.2, 0) is 0 Å². The molecular formula is C21H21N. The monoisotopic (exact) mass is 287 g/mol. The van der Waals surface area contributed by atoms with Gasteiger partial charge in [0, 0.05) is 17.2 Å². The van der Waals surface area contributed by atoms with Crippen LogP contribution >= 0.6 is 0 Å². The van der Waals surface area contributed by atoms with E-state index >= 15 is 0 Å². The Balaban J connectivity index is 1.94. The number of fused-ring (bicyclic) bond motifs is 3. The molecule has 0 spiro atoms. The van der Waals surface area contributed by atoms with Gasteiger partial charge in [-0.1, -0.05) is 66.3 Å². The van der Waals surface area contributed by atoms with Crippen LogP contribution in [0.15, 0.2) is 66.3 Å². The molecule has 1 heteroatoms. The maximum Gasteiger partial charge on any atom is 0.0637 e. The third-order valence-corrected chi connectivity index (χ3v) is 5.09. The van der Waals surface area contributed by atoms with Crippen molar-refractivity contribution in [3.8, 4) is 11.1 Å². The second kappa shape index (κ2) is 4.61. The number of anilines is 1. The minimum Gasteiger partial charge on any atom is -0.375 e. The maximum atomic E-state index is 3.81. The first-order chi connectivity index (χ1) is 10.6. The largest absolute Gasteiger partial charge is 0.375 e. The molecule has 0 bridgehead atoms. The van der Waals surface area contributed by atoms with Crippen molar-refractivity contribution in [1.82, 2.24) is 0 Å². The highest BCUT2D eigenvalue weighted by atomic mass is 15.0. The SMILES string of the molecule is CC1=CC=CC2(C)Nc3c(-c4ccccc4C)cccc3C12. The summed E-state index contributed by atoms with van der Waals surface area (Å²) in [6.07, 6.45) is 6.72. The normalized spacial score (nSPS) is 25.2. The number of allylic oxidation sites excluding steroid dienone is 2. The highest BCUT2D eigenvalue weighted by Crippen LogP contribution is 2.52. The van der Waals surface area contributed by atoms with Gasteiger partial charge in [-0.15, -0.1) is 0 Å². The first-order valence-corrected chi connectivity index (χ1v) is 7.93. The first-order valence-electron chi connectivity index (χ1n) is 7.93. The third kappa shape index (κ3) is 1.78. The molecule has 22 heavy (non-hydrogen) atoms. The van der Waals surface area contributed by atoms with Crippen LogP contribution in [0.3, 0.4) is 0 Å². The third-order valence-electron chi connectivity index (χ3n) is 5.09. The lowest BCUT2D eigenvalue weighted by Gasteiger charge is -2.32. The highest BCUT2D eigenvalue weighted by molar-refractivity contribution is 5.86. The van der Waals surface area contributed by atoms with Crippen LogP contribution in [0.2, 0.25) is 0 Å². The lowest BCUT2D eigenvalue weighted by atomic mass is 9.76. The minimum absolute atomic E-state index is 0.0139. The summed E-state index contributed by atoms with van der Waals surface area (Å²) in [5.41, 5.74) is 8.08. The highest BCUT2D eigenvalue weighted by Gasteiger charge is 2.43. The van der Waals surface area contributed by atoms with E-state index in [1.165, 1.54) is 33.5 Å². The molecule has 0 saturated carbocycles. The van der Waals surface area contributed by atoms with Gasteiger partial charge in [0.1, 0.15) is 0 Å². The van der Waals surface area contributed by atoms with Crippen molar-refractivity contribution in [3.63, 3.8) is 0 Å². The maximum absolute atomic E-state index is 3.81. The van der Waals surface area contributed by atoms with Gasteiger partial charge in [-0.3, -0.25) is 0 Å². The molecule has 4 rings (SSSR count). The summed E-state index contributed by atoms with van der Waals surface area (Å²) < 4.78 is 0. The Hall–Kier alpha value is -2.28. The molecule has 2 aromatic rings. The summed E-state index contributed by atoms with van der Waals surface area (Å²) in [6.45, 7) is 6.72. The smallest absolute Gasteiger partial charge is 0.0637 e. The van der Waals surface area contributed by atoms with Crippen LogP contribution in [-0.4, -0.2) is 5.54 Å². The Morgan fingerprint density at radius 1 is 0.955 bits per heavy atom. The van der Waals surface area contributed by atoms with Crippen LogP contribution in [0.25, 0.3) is 11.1 Å². The number of nitrogens with one attached hydrogen (secondary N) is 1. The Kier molecular flexibility index (Phi) is 2.80. The molecule has 1 nitrogen and oxygen atoms in total. The molecule has 0 amide bonds. The van der Waals surface area contributed by atoms with Gasteiger partial charge < -0.3 is 5.32 Å². The Morgan fingerprint density at radius 2 is 1.73 bits per heavy atom. The van der Waals surface area contributed by atoms with Crippen LogP contribution < -0.4 is 5.32 Å². The van der Waals surface area contributed by atoms with Crippen molar-refractivity contribution in [2.45, 2.75) is 32.2 Å². The summed E-state index contributed by atoms with van der Waals surface area (Å²) in [7, 11) is 0. The van der Waals surface area contributed by atoms with Gasteiger partial charge >= 0.3 is 0 Å². The van der Waals surface area contributed by atoms with Crippen molar-refractivity contribution in [2.24, 2.45) is 0 Å². The number of rotatable bonds is 1. The molecule has 0 radical (unpaired) electrons. The van der Waals surface area contributed by atoms with E-state index in [0.717, 1.165) is 0 Å². The summed E-state index contributed by atoms with van der Waals surface area (Å²) in [4.78, 5) is 0. The van der Waals surface area contributed by atoms with Gasteiger partial charge in [0.2, 0.25) is 0 Å². The molecule has 0 fully saturated rings. The minimum atomic E-state index is -0.0139. The molecule has 1 N–H and O–H groups in total. The summed E-state index contributed by atoms with van der Waals surface area (Å²) >= 11 is 0. The molecule has 1 aliphatic carbocycles. The van der Waals surface area contributed by atoms with Gasteiger partial charge in [0.15, 0.2) is 0 Å². The van der Waals surface area contributed by atoms with Gasteiger partial charge in [0.25, 0.3) is 0 Å². The van der Waals surface area contributed by atoms with Crippen molar-refractivity contribution in [2.75, 3.05) is 5.32 Å². The lowest BCUT2D eigenvalue weighted by molar-refractivity contribution is 0.572. The van der Waals surface area contributed by atoms with Gasteiger partial charge in [-0.25, -0.2) is 0 Å². The van der Waals surface area contributed by atoms with Crippen LogP contribution in [0.4, 0.5) is 5.69 Å². The Labute approximate surface area is 132 Å². The van der Waals surface area contributed by atoms with Gasteiger partial charge in [0.05, 0.1) is 5.54 Å². The van der Waals surface area contributed by atoms with Crippen molar-refractivity contribution in [3.05, 3.63) is 77.4 Å². The fourth-order valence-electron chi connectivity index (χ4n) is 4.07. The predicted octanol–water partition coefficient (Wildman–Crippen LogP) is 5.45. The zero-order chi connectivity index (χ0) is 15.3. The number of para-hydroxylation sites is 1. The van der Waals surface area contributed by atoms with Gasteiger partial charge in [-0.2, -0.15) is 0 Å². The molecular weight excluding hydrogens is 266 g/mol. The topological polar surface area (TPSA) is 12.0 Å². The fraction of sp³-hybridized carbons (Fsp3) is 0.238. The van der Waals surface area contributed by atoms with E-state index < -0.39 is 0 Å². The Bertz CT molecular complexity index is 812. The molecule has 0 saturated heterocycles. The fourth-order valence-corrected chi connectivity index (χ4v) is 4.07. The van der Waals surface area contributed by atoms with Crippen LogP contribution in [0.5, 0.6) is 0 Å². The van der Waals surface area contributed by atoms with E-state index in [0.29, 0.717) is 5.92 Å².